The molecule has 0 unspecified atom stereocenters. The van der Waals surface area contributed by atoms with Crippen LogP contribution in [0.1, 0.15) is 33.3 Å². The van der Waals surface area contributed by atoms with Crippen LogP contribution in [0.15, 0.2) is 18.2 Å². The van der Waals surface area contributed by atoms with Gasteiger partial charge in [0.05, 0.1) is 5.69 Å². The van der Waals surface area contributed by atoms with Gasteiger partial charge in [0, 0.05) is 0 Å². The summed E-state index contributed by atoms with van der Waals surface area (Å²) in [5.41, 5.74) is 6.54. The highest BCUT2D eigenvalue weighted by molar-refractivity contribution is 5.63. The Morgan fingerprint density at radius 3 is 2.31 bits per heavy atom. The molecular formula is C13H21NO2. The van der Waals surface area contributed by atoms with Gasteiger partial charge in [-0.15, -0.1) is 0 Å². The Morgan fingerprint density at radius 2 is 1.88 bits per heavy atom. The molecule has 0 spiro atoms. The molecule has 0 aliphatic rings. The summed E-state index contributed by atoms with van der Waals surface area (Å²) in [6.45, 7) is 9.34. The van der Waals surface area contributed by atoms with Gasteiger partial charge in [-0.3, -0.25) is 4.79 Å². The lowest BCUT2D eigenvalue weighted by Crippen LogP contribution is -2.30. The van der Waals surface area contributed by atoms with Gasteiger partial charge in [-0.2, -0.15) is 0 Å². The van der Waals surface area contributed by atoms with E-state index < -0.39 is 5.60 Å². The minimum Gasteiger partial charge on any atom is -0.478 e. The monoisotopic (exact) mass is 223 g/mol. The fourth-order valence-corrected chi connectivity index (χ4v) is 1.07. The first kappa shape index (κ1) is 14.5. The van der Waals surface area contributed by atoms with Crippen LogP contribution in [0.3, 0.4) is 0 Å². The standard InChI is InChI=1S/C11H15NO2.C2H6/c1-8-4-5-10(9(12)6-8)14-11(2,3)7-13;1-2/h4-7H,12H2,1-3H3;1-2H3. The largest absolute Gasteiger partial charge is 0.478 e. The Kier molecular flexibility index (Phi) is 5.57. The van der Waals surface area contributed by atoms with Crippen LogP contribution in [-0.2, 0) is 4.79 Å². The number of anilines is 1. The molecule has 1 rings (SSSR count). The van der Waals surface area contributed by atoms with E-state index >= 15 is 0 Å². The SMILES string of the molecule is CC.Cc1ccc(OC(C)(C)C=O)c(N)c1. The number of nitrogens with two attached hydrogens (primary N) is 1. The Balaban J connectivity index is 0.00000106. The molecular weight excluding hydrogens is 202 g/mol. The number of aldehydes is 1. The molecule has 3 heteroatoms. The second kappa shape index (κ2) is 6.16. The van der Waals surface area contributed by atoms with Crippen molar-refractivity contribution in [2.45, 2.75) is 40.2 Å². The lowest BCUT2D eigenvalue weighted by Gasteiger charge is -2.20. The molecule has 0 amide bonds. The van der Waals surface area contributed by atoms with E-state index in [2.05, 4.69) is 0 Å². The van der Waals surface area contributed by atoms with Crippen molar-refractivity contribution >= 4 is 12.0 Å². The number of hydrogen-bond donors (Lipinski definition) is 1. The summed E-state index contributed by atoms with van der Waals surface area (Å²) in [6.07, 6.45) is 0.756. The molecule has 0 saturated carbocycles. The minimum atomic E-state index is -0.830. The highest BCUT2D eigenvalue weighted by Crippen LogP contribution is 2.25. The zero-order valence-electron chi connectivity index (χ0n) is 10.7. The smallest absolute Gasteiger partial charge is 0.162 e. The quantitative estimate of drug-likeness (QED) is 0.633. The topological polar surface area (TPSA) is 52.3 Å². The molecule has 0 bridgehead atoms. The van der Waals surface area contributed by atoms with Crippen LogP contribution in [0.5, 0.6) is 5.75 Å². The highest BCUT2D eigenvalue weighted by Gasteiger charge is 2.19. The number of nitrogen functional groups attached to an aromatic ring is 1. The van der Waals surface area contributed by atoms with Gasteiger partial charge in [-0.05, 0) is 38.5 Å². The van der Waals surface area contributed by atoms with Gasteiger partial charge in [0.25, 0.3) is 0 Å². The van der Waals surface area contributed by atoms with E-state index in [4.69, 9.17) is 10.5 Å². The molecule has 1 aromatic rings. The molecule has 0 aromatic heterocycles. The van der Waals surface area contributed by atoms with Crippen LogP contribution in [0.4, 0.5) is 5.69 Å². The number of ether oxygens (including phenoxy) is 1. The molecule has 0 atom stereocenters. The van der Waals surface area contributed by atoms with E-state index in [1.54, 1.807) is 19.9 Å². The third-order valence-electron chi connectivity index (χ3n) is 1.82. The van der Waals surface area contributed by atoms with Crippen LogP contribution in [0, 0.1) is 6.92 Å². The summed E-state index contributed by atoms with van der Waals surface area (Å²) in [7, 11) is 0. The van der Waals surface area contributed by atoms with Crippen molar-refractivity contribution in [3.8, 4) is 5.75 Å². The summed E-state index contributed by atoms with van der Waals surface area (Å²) < 4.78 is 5.44. The maximum atomic E-state index is 10.6. The Bertz CT molecular complexity index is 346. The van der Waals surface area contributed by atoms with Crippen LogP contribution >= 0.6 is 0 Å². The van der Waals surface area contributed by atoms with Crippen LogP contribution in [0.2, 0.25) is 0 Å². The highest BCUT2D eigenvalue weighted by atomic mass is 16.5. The lowest BCUT2D eigenvalue weighted by atomic mass is 10.1. The molecule has 0 saturated heterocycles. The normalized spacial score (nSPS) is 10.1. The van der Waals surface area contributed by atoms with Crippen LogP contribution in [0.25, 0.3) is 0 Å². The Morgan fingerprint density at radius 1 is 1.31 bits per heavy atom. The Labute approximate surface area is 97.6 Å². The van der Waals surface area contributed by atoms with Crippen molar-refractivity contribution in [2.75, 3.05) is 5.73 Å². The summed E-state index contributed by atoms with van der Waals surface area (Å²) in [5.74, 6) is 0.549. The molecule has 0 fully saturated rings. The van der Waals surface area contributed by atoms with Gasteiger partial charge in [-0.25, -0.2) is 0 Å². The number of aryl methyl sites for hydroxylation is 1. The maximum absolute atomic E-state index is 10.6. The first-order chi connectivity index (χ1) is 7.44. The zero-order chi connectivity index (χ0) is 12.8. The first-order valence-corrected chi connectivity index (χ1v) is 5.46. The molecule has 0 aliphatic heterocycles. The maximum Gasteiger partial charge on any atom is 0.162 e. The molecule has 3 nitrogen and oxygen atoms in total. The summed E-state index contributed by atoms with van der Waals surface area (Å²) in [4.78, 5) is 10.6. The van der Waals surface area contributed by atoms with E-state index in [0.717, 1.165) is 11.8 Å². The van der Waals surface area contributed by atoms with Gasteiger partial charge >= 0.3 is 0 Å². The van der Waals surface area contributed by atoms with E-state index in [1.807, 2.05) is 32.9 Å². The number of carbonyl (C=O) groups excluding carboxylic acids is 1. The summed E-state index contributed by atoms with van der Waals surface area (Å²) in [6, 6.07) is 5.48. The third-order valence-corrected chi connectivity index (χ3v) is 1.82. The minimum absolute atomic E-state index is 0.549. The van der Waals surface area contributed by atoms with Crippen LogP contribution in [-0.4, -0.2) is 11.9 Å². The van der Waals surface area contributed by atoms with Gasteiger partial charge in [0.15, 0.2) is 11.9 Å². The first-order valence-electron chi connectivity index (χ1n) is 5.46. The van der Waals surface area contributed by atoms with E-state index in [-0.39, 0.29) is 0 Å². The number of benzene rings is 1. The Hall–Kier alpha value is -1.51. The third kappa shape index (κ3) is 4.34. The zero-order valence-corrected chi connectivity index (χ0v) is 10.7. The van der Waals surface area contributed by atoms with Crippen molar-refractivity contribution in [3.05, 3.63) is 23.8 Å². The predicted octanol–water partition coefficient (Wildman–Crippen LogP) is 2.96. The van der Waals surface area contributed by atoms with E-state index in [0.29, 0.717) is 11.4 Å². The summed E-state index contributed by atoms with van der Waals surface area (Å²) in [5, 5.41) is 0. The van der Waals surface area contributed by atoms with Gasteiger partial charge in [0.2, 0.25) is 0 Å². The van der Waals surface area contributed by atoms with E-state index in [9.17, 15) is 4.79 Å². The predicted molar refractivity (Wildman–Crippen MR) is 67.7 cm³/mol. The average Bonchev–Trinajstić information content (AvgIpc) is 2.25. The van der Waals surface area contributed by atoms with Gasteiger partial charge in [-0.1, -0.05) is 19.9 Å². The van der Waals surface area contributed by atoms with Crippen LogP contribution < -0.4 is 10.5 Å². The molecule has 1 aromatic carbocycles. The van der Waals surface area contributed by atoms with Crippen molar-refractivity contribution in [1.82, 2.24) is 0 Å². The fraction of sp³-hybridized carbons (Fsp3) is 0.462. The number of carbonyl (C=O) groups is 1. The van der Waals surface area contributed by atoms with Crippen molar-refractivity contribution < 1.29 is 9.53 Å². The van der Waals surface area contributed by atoms with E-state index in [1.165, 1.54) is 0 Å². The number of rotatable bonds is 3. The second-order valence-corrected chi connectivity index (χ2v) is 3.86. The van der Waals surface area contributed by atoms with Crippen molar-refractivity contribution in [1.29, 1.82) is 0 Å². The van der Waals surface area contributed by atoms with Gasteiger partial charge < -0.3 is 10.5 Å². The van der Waals surface area contributed by atoms with Crippen molar-refractivity contribution in [3.63, 3.8) is 0 Å². The fourth-order valence-electron chi connectivity index (χ4n) is 1.07. The average molecular weight is 223 g/mol. The molecule has 0 radical (unpaired) electrons. The lowest BCUT2D eigenvalue weighted by molar-refractivity contribution is -0.118. The molecule has 0 heterocycles. The molecule has 16 heavy (non-hydrogen) atoms. The summed E-state index contributed by atoms with van der Waals surface area (Å²) >= 11 is 0. The molecule has 90 valence electrons. The van der Waals surface area contributed by atoms with Crippen molar-refractivity contribution in [2.24, 2.45) is 0 Å². The van der Waals surface area contributed by atoms with Gasteiger partial charge in [0.1, 0.15) is 5.75 Å². The molecule has 2 N–H and O–H groups in total. The molecule has 0 aliphatic carbocycles. The second-order valence-electron chi connectivity index (χ2n) is 3.86. The number of hydrogen-bond acceptors (Lipinski definition) is 3.